The first-order valence-electron chi connectivity index (χ1n) is 18.2. The summed E-state index contributed by atoms with van der Waals surface area (Å²) in [6.07, 6.45) is 0.250. The summed E-state index contributed by atoms with van der Waals surface area (Å²) < 4.78 is 33.8. The molecule has 0 radical (unpaired) electrons. The average molecular weight is 694 g/mol. The number of aliphatic hydroxyl groups is 2. The van der Waals surface area contributed by atoms with E-state index in [2.05, 4.69) is 11.1 Å². The summed E-state index contributed by atoms with van der Waals surface area (Å²) in [6.45, 7) is 3.52. The van der Waals surface area contributed by atoms with E-state index < -0.39 is 36.6 Å². The summed E-state index contributed by atoms with van der Waals surface area (Å²) >= 11 is 0. The van der Waals surface area contributed by atoms with Crippen LogP contribution in [-0.4, -0.2) is 65.0 Å². The fourth-order valence-electron chi connectivity index (χ4n) is 6.88. The van der Waals surface area contributed by atoms with Gasteiger partial charge in [0.25, 0.3) is 0 Å². The Morgan fingerprint density at radius 3 is 1.63 bits per heavy atom. The van der Waals surface area contributed by atoms with Crippen molar-refractivity contribution < 1.29 is 33.9 Å². The van der Waals surface area contributed by atoms with Gasteiger partial charge in [-0.1, -0.05) is 122 Å². The predicted octanol–water partition coefficient (Wildman–Crippen LogP) is 7.68. The van der Waals surface area contributed by atoms with Crippen LogP contribution in [0.4, 0.5) is 0 Å². The number of aromatic amines is 1. The summed E-state index contributed by atoms with van der Waals surface area (Å²) in [6, 6.07) is 38.2. The van der Waals surface area contributed by atoms with Gasteiger partial charge in [-0.25, -0.2) is 0 Å². The minimum Gasteiger partial charge on any atom is -0.396 e. The highest BCUT2D eigenvalue weighted by Crippen LogP contribution is 2.37. The number of unbranched alkanes of at least 4 members (excludes halogenated alkanes) is 3. The number of rotatable bonds is 19. The number of H-pyrrole nitrogens is 1. The molecule has 0 bridgehead atoms. The molecule has 0 amide bonds. The highest BCUT2D eigenvalue weighted by Gasteiger charge is 2.54. The summed E-state index contributed by atoms with van der Waals surface area (Å²) in [5.74, 6) is 0. The fourth-order valence-corrected chi connectivity index (χ4v) is 6.88. The molecule has 5 aromatic rings. The molecule has 1 fully saturated rings. The third-order valence-corrected chi connectivity index (χ3v) is 9.61. The van der Waals surface area contributed by atoms with Gasteiger partial charge in [-0.3, -0.25) is 0 Å². The zero-order valence-electron chi connectivity index (χ0n) is 29.4. The second-order valence-corrected chi connectivity index (χ2v) is 13.3. The van der Waals surface area contributed by atoms with E-state index >= 15 is 0 Å². The van der Waals surface area contributed by atoms with E-state index in [1.54, 1.807) is 0 Å². The first-order valence-corrected chi connectivity index (χ1v) is 18.2. The molecule has 51 heavy (non-hydrogen) atoms. The Morgan fingerprint density at radius 2 is 1.06 bits per heavy atom. The molecule has 3 N–H and O–H groups in total. The molecule has 8 heteroatoms. The van der Waals surface area contributed by atoms with Crippen LogP contribution in [0.25, 0.3) is 10.9 Å². The van der Waals surface area contributed by atoms with E-state index in [-0.39, 0.29) is 12.7 Å². The number of ether oxygens (including phenoxy) is 5. The largest absolute Gasteiger partial charge is 0.396 e. The molecule has 1 aromatic heterocycles. The molecule has 270 valence electrons. The zero-order chi connectivity index (χ0) is 35.3. The van der Waals surface area contributed by atoms with Gasteiger partial charge in [0.2, 0.25) is 0 Å². The lowest BCUT2D eigenvalue weighted by Gasteiger charge is -2.49. The third kappa shape index (κ3) is 9.93. The molecule has 4 aromatic carbocycles. The Hall–Kier alpha value is -3.86. The number of nitrogens with one attached hydrogen (secondary N) is 1. The molecule has 6 rings (SSSR count). The number of hydrogen-bond donors (Lipinski definition) is 3. The average Bonchev–Trinajstić information content (AvgIpc) is 3.61. The Kier molecular flexibility index (Phi) is 13.8. The van der Waals surface area contributed by atoms with Gasteiger partial charge in [0, 0.05) is 35.9 Å². The van der Waals surface area contributed by atoms with E-state index in [4.69, 9.17) is 23.7 Å². The minimum atomic E-state index is -1.09. The highest BCUT2D eigenvalue weighted by molar-refractivity contribution is 5.83. The van der Waals surface area contributed by atoms with Gasteiger partial charge >= 0.3 is 0 Å². The zero-order valence-corrected chi connectivity index (χ0v) is 29.4. The second-order valence-electron chi connectivity index (χ2n) is 13.3. The Balaban J connectivity index is 1.34. The molecule has 1 saturated carbocycles. The van der Waals surface area contributed by atoms with Gasteiger partial charge in [0.1, 0.15) is 36.6 Å². The second kappa shape index (κ2) is 19.1. The fraction of sp³-hybridized carbons (Fsp3) is 0.395. The van der Waals surface area contributed by atoms with E-state index in [1.807, 2.05) is 122 Å². The lowest BCUT2D eigenvalue weighted by atomic mass is 9.83. The maximum atomic E-state index is 12.4. The molecule has 1 heterocycles. The molecule has 8 nitrogen and oxygen atoms in total. The third-order valence-electron chi connectivity index (χ3n) is 9.61. The van der Waals surface area contributed by atoms with Crippen molar-refractivity contribution in [2.45, 2.75) is 95.2 Å². The van der Waals surface area contributed by atoms with Crippen molar-refractivity contribution in [3.63, 3.8) is 0 Å². The molecule has 0 aliphatic heterocycles. The quantitative estimate of drug-likeness (QED) is 0.0763. The van der Waals surface area contributed by atoms with Crippen molar-refractivity contribution in [3.8, 4) is 0 Å². The Labute approximate surface area is 301 Å². The van der Waals surface area contributed by atoms with Crippen LogP contribution in [0.1, 0.15) is 61.0 Å². The van der Waals surface area contributed by atoms with Crippen molar-refractivity contribution in [1.29, 1.82) is 0 Å². The SMILES string of the molecule is CC(OC1C(O)C(OCCCCCCO)C(OCc2ccccc2)C(OCc2ccccc2)C1OCc1ccccc1)c1c[nH]c2ccccc12. The molecular formula is C43H51NO7. The summed E-state index contributed by atoms with van der Waals surface area (Å²) in [4.78, 5) is 3.36. The van der Waals surface area contributed by atoms with Crippen LogP contribution in [0.5, 0.6) is 0 Å². The van der Waals surface area contributed by atoms with Crippen molar-refractivity contribution >= 4 is 10.9 Å². The lowest BCUT2D eigenvalue weighted by molar-refractivity contribution is -0.285. The molecule has 7 atom stereocenters. The van der Waals surface area contributed by atoms with E-state index in [9.17, 15) is 10.2 Å². The topological polar surface area (TPSA) is 102 Å². The van der Waals surface area contributed by atoms with Crippen LogP contribution in [0.3, 0.4) is 0 Å². The summed E-state index contributed by atoms with van der Waals surface area (Å²) in [7, 11) is 0. The van der Waals surface area contributed by atoms with Crippen molar-refractivity contribution in [2.75, 3.05) is 13.2 Å². The van der Waals surface area contributed by atoms with Crippen molar-refractivity contribution in [2.24, 2.45) is 0 Å². The van der Waals surface area contributed by atoms with Gasteiger partial charge in [-0.15, -0.1) is 0 Å². The number of aromatic nitrogens is 1. The standard InChI is InChI=1S/C43H51NO7/c1-31(36-27-44-37-24-14-13-23-35(36)37)51-40-38(46)39(47-26-16-3-2-15-25-45)41(48-28-32-17-7-4-8-18-32)43(50-30-34-21-11-6-12-22-34)42(40)49-29-33-19-9-5-10-20-33/h4-14,17-24,27,31,38-46H,2-3,15-16,25-26,28-30H2,1H3. The van der Waals surface area contributed by atoms with Crippen LogP contribution in [-0.2, 0) is 43.5 Å². The van der Waals surface area contributed by atoms with E-state index in [0.717, 1.165) is 58.8 Å². The van der Waals surface area contributed by atoms with Crippen LogP contribution < -0.4 is 0 Å². The minimum absolute atomic E-state index is 0.177. The van der Waals surface area contributed by atoms with Crippen LogP contribution in [0.15, 0.2) is 121 Å². The van der Waals surface area contributed by atoms with Gasteiger partial charge in [0.05, 0.1) is 25.9 Å². The molecule has 1 aliphatic rings. The molecule has 1 aliphatic carbocycles. The molecule has 0 spiro atoms. The van der Waals surface area contributed by atoms with Gasteiger partial charge < -0.3 is 38.9 Å². The number of benzene rings is 4. The predicted molar refractivity (Wildman–Crippen MR) is 198 cm³/mol. The summed E-state index contributed by atoms with van der Waals surface area (Å²) in [5, 5.41) is 22.7. The monoisotopic (exact) mass is 693 g/mol. The van der Waals surface area contributed by atoms with Crippen molar-refractivity contribution in [1.82, 2.24) is 4.98 Å². The number of fused-ring (bicyclic) bond motifs is 1. The van der Waals surface area contributed by atoms with E-state index in [1.165, 1.54) is 0 Å². The first-order chi connectivity index (χ1) is 25.1. The van der Waals surface area contributed by atoms with Crippen LogP contribution in [0.2, 0.25) is 0 Å². The van der Waals surface area contributed by atoms with Crippen LogP contribution in [0, 0.1) is 0 Å². The maximum Gasteiger partial charge on any atom is 0.116 e. The van der Waals surface area contributed by atoms with Crippen LogP contribution >= 0.6 is 0 Å². The summed E-state index contributed by atoms with van der Waals surface area (Å²) in [5.41, 5.74) is 5.03. The van der Waals surface area contributed by atoms with E-state index in [0.29, 0.717) is 26.4 Å². The Morgan fingerprint density at radius 1 is 0.569 bits per heavy atom. The normalized spacial score (nSPS) is 22.6. The number of para-hydroxylation sites is 1. The van der Waals surface area contributed by atoms with Gasteiger partial charge in [0.15, 0.2) is 0 Å². The molecule has 7 unspecified atom stereocenters. The number of aliphatic hydroxyl groups excluding tert-OH is 2. The smallest absolute Gasteiger partial charge is 0.116 e. The maximum absolute atomic E-state index is 12.4. The number of hydrogen-bond acceptors (Lipinski definition) is 7. The van der Waals surface area contributed by atoms with Crippen molar-refractivity contribution in [3.05, 3.63) is 144 Å². The first kappa shape index (κ1) is 36.9. The molecular weight excluding hydrogens is 642 g/mol. The highest BCUT2D eigenvalue weighted by atomic mass is 16.6. The van der Waals surface area contributed by atoms with Gasteiger partial charge in [-0.2, -0.15) is 0 Å². The molecule has 0 saturated heterocycles. The Bertz CT molecular complexity index is 1700. The lowest BCUT2D eigenvalue weighted by Crippen LogP contribution is -2.67. The van der Waals surface area contributed by atoms with Gasteiger partial charge in [-0.05, 0) is 42.5 Å².